The van der Waals surface area contributed by atoms with Crippen LogP contribution in [0.2, 0.25) is 0 Å². The van der Waals surface area contributed by atoms with E-state index in [1.165, 1.54) is 38.5 Å². The molecule has 0 aromatic carbocycles. The zero-order chi connectivity index (χ0) is 13.9. The molecule has 1 N–H and O–H groups in total. The molecule has 1 aromatic rings. The predicted molar refractivity (Wildman–Crippen MR) is 81.7 cm³/mol. The van der Waals surface area contributed by atoms with Crippen molar-refractivity contribution in [2.24, 2.45) is 5.92 Å². The van der Waals surface area contributed by atoms with E-state index in [2.05, 4.69) is 46.5 Å². The van der Waals surface area contributed by atoms with Crippen LogP contribution in [0.5, 0.6) is 0 Å². The number of nitrogens with one attached hydrogen (secondary N) is 1. The van der Waals surface area contributed by atoms with Crippen LogP contribution in [-0.4, -0.2) is 29.3 Å². The lowest BCUT2D eigenvalue weighted by molar-refractivity contribution is 0.339. The molecule has 2 fully saturated rings. The topological polar surface area (TPSA) is 41.0 Å². The van der Waals surface area contributed by atoms with Gasteiger partial charge in [-0.3, -0.25) is 0 Å². The van der Waals surface area contributed by atoms with Gasteiger partial charge in [0, 0.05) is 25.7 Å². The lowest BCUT2D eigenvalue weighted by Gasteiger charge is -2.34. The van der Waals surface area contributed by atoms with Gasteiger partial charge in [-0.25, -0.2) is 0 Å². The van der Waals surface area contributed by atoms with E-state index in [0.29, 0.717) is 6.04 Å². The highest BCUT2D eigenvalue weighted by Gasteiger charge is 2.23. The van der Waals surface area contributed by atoms with E-state index in [9.17, 15) is 0 Å². The Balaban J connectivity index is 1.55. The lowest BCUT2D eigenvalue weighted by Crippen LogP contribution is -2.35. The normalized spacial score (nSPS) is 26.5. The Morgan fingerprint density at radius 2 is 1.85 bits per heavy atom. The summed E-state index contributed by atoms with van der Waals surface area (Å²) in [5.41, 5.74) is 1.05. The van der Waals surface area contributed by atoms with E-state index in [0.717, 1.165) is 30.0 Å². The van der Waals surface area contributed by atoms with E-state index >= 15 is 0 Å². The quantitative estimate of drug-likeness (QED) is 0.896. The van der Waals surface area contributed by atoms with Crippen molar-refractivity contribution in [1.82, 2.24) is 15.5 Å². The predicted octanol–water partition coefficient (Wildman–Crippen LogP) is 2.74. The Kier molecular flexibility index (Phi) is 4.20. The minimum absolute atomic E-state index is 0.635. The standard InChI is InChI=1S/C16H26N4/c1-12-3-8-15(9-4-12)20(2)16-10-7-14(18-19-16)11-17-13-5-6-13/h7,10,12-13,15,17H,3-6,8-9,11H2,1-2H3. The molecule has 3 rings (SSSR count). The highest BCUT2D eigenvalue weighted by Crippen LogP contribution is 2.28. The third kappa shape index (κ3) is 3.48. The summed E-state index contributed by atoms with van der Waals surface area (Å²) in [5, 5.41) is 12.2. The van der Waals surface area contributed by atoms with Gasteiger partial charge in [-0.1, -0.05) is 6.92 Å². The minimum atomic E-state index is 0.635. The lowest BCUT2D eigenvalue weighted by atomic mass is 9.87. The van der Waals surface area contributed by atoms with Crippen molar-refractivity contribution in [3.8, 4) is 0 Å². The van der Waals surface area contributed by atoms with Crippen molar-refractivity contribution >= 4 is 5.82 Å². The number of aromatic nitrogens is 2. The molecule has 20 heavy (non-hydrogen) atoms. The molecule has 4 heteroatoms. The average Bonchev–Trinajstić information content (AvgIpc) is 3.30. The molecular weight excluding hydrogens is 248 g/mol. The first-order chi connectivity index (χ1) is 9.72. The minimum Gasteiger partial charge on any atom is -0.355 e. The molecule has 0 spiro atoms. The molecule has 2 saturated carbocycles. The second-order valence-electron chi connectivity index (χ2n) is 6.56. The van der Waals surface area contributed by atoms with Gasteiger partial charge >= 0.3 is 0 Å². The highest BCUT2D eigenvalue weighted by atomic mass is 15.3. The van der Waals surface area contributed by atoms with Crippen LogP contribution in [0.4, 0.5) is 5.82 Å². The average molecular weight is 274 g/mol. The fourth-order valence-electron chi connectivity index (χ4n) is 2.99. The fraction of sp³-hybridized carbons (Fsp3) is 0.750. The van der Waals surface area contributed by atoms with Crippen LogP contribution >= 0.6 is 0 Å². The SMILES string of the molecule is CC1CCC(N(C)c2ccc(CNC3CC3)nn2)CC1. The molecule has 1 aromatic heterocycles. The molecule has 4 nitrogen and oxygen atoms in total. The van der Waals surface area contributed by atoms with E-state index in [-0.39, 0.29) is 0 Å². The summed E-state index contributed by atoms with van der Waals surface area (Å²) in [6, 6.07) is 5.59. The van der Waals surface area contributed by atoms with Crippen LogP contribution in [0.25, 0.3) is 0 Å². The molecule has 110 valence electrons. The second kappa shape index (κ2) is 6.08. The maximum atomic E-state index is 4.41. The molecule has 0 atom stereocenters. The third-order valence-corrected chi connectivity index (χ3v) is 4.75. The van der Waals surface area contributed by atoms with Crippen LogP contribution < -0.4 is 10.2 Å². The molecule has 2 aliphatic carbocycles. The first-order valence-corrected chi connectivity index (χ1v) is 8.01. The zero-order valence-electron chi connectivity index (χ0n) is 12.7. The van der Waals surface area contributed by atoms with Crippen LogP contribution in [0.15, 0.2) is 12.1 Å². The summed E-state index contributed by atoms with van der Waals surface area (Å²) >= 11 is 0. The molecule has 0 unspecified atom stereocenters. The summed E-state index contributed by atoms with van der Waals surface area (Å²) in [6.07, 6.45) is 7.87. The maximum Gasteiger partial charge on any atom is 0.151 e. The van der Waals surface area contributed by atoms with Gasteiger partial charge in [-0.2, -0.15) is 5.10 Å². The summed E-state index contributed by atoms with van der Waals surface area (Å²) in [4.78, 5) is 2.32. The van der Waals surface area contributed by atoms with Gasteiger partial charge in [-0.15, -0.1) is 5.10 Å². The highest BCUT2D eigenvalue weighted by molar-refractivity contribution is 5.37. The fourth-order valence-corrected chi connectivity index (χ4v) is 2.99. The Bertz CT molecular complexity index is 419. The summed E-state index contributed by atoms with van der Waals surface area (Å²) in [5.74, 6) is 1.90. The van der Waals surface area contributed by atoms with Gasteiger partial charge in [0.1, 0.15) is 0 Å². The maximum absolute atomic E-state index is 4.41. The van der Waals surface area contributed by atoms with Crippen LogP contribution in [-0.2, 0) is 6.54 Å². The van der Waals surface area contributed by atoms with E-state index in [4.69, 9.17) is 0 Å². The monoisotopic (exact) mass is 274 g/mol. The molecule has 0 aliphatic heterocycles. The van der Waals surface area contributed by atoms with E-state index < -0.39 is 0 Å². The second-order valence-corrected chi connectivity index (χ2v) is 6.56. The number of hydrogen-bond donors (Lipinski definition) is 1. The Morgan fingerprint density at radius 3 is 2.45 bits per heavy atom. The van der Waals surface area contributed by atoms with Crippen molar-refractivity contribution in [2.45, 2.75) is 64.1 Å². The Labute approximate surface area is 122 Å². The molecular formula is C16H26N4. The Hall–Kier alpha value is -1.16. The molecule has 2 aliphatic rings. The molecule has 0 amide bonds. The first kappa shape index (κ1) is 13.8. The van der Waals surface area contributed by atoms with Crippen molar-refractivity contribution in [2.75, 3.05) is 11.9 Å². The van der Waals surface area contributed by atoms with Crippen molar-refractivity contribution < 1.29 is 0 Å². The van der Waals surface area contributed by atoms with Gasteiger partial charge in [0.05, 0.1) is 5.69 Å². The van der Waals surface area contributed by atoms with E-state index in [1.807, 2.05) is 0 Å². The van der Waals surface area contributed by atoms with Gasteiger partial charge < -0.3 is 10.2 Å². The summed E-state index contributed by atoms with van der Waals surface area (Å²) in [7, 11) is 2.16. The molecule has 0 saturated heterocycles. The van der Waals surface area contributed by atoms with Crippen LogP contribution in [0.1, 0.15) is 51.1 Å². The summed E-state index contributed by atoms with van der Waals surface area (Å²) in [6.45, 7) is 3.21. The van der Waals surface area contributed by atoms with Gasteiger partial charge in [0.2, 0.25) is 0 Å². The first-order valence-electron chi connectivity index (χ1n) is 8.01. The summed E-state index contributed by atoms with van der Waals surface area (Å²) < 4.78 is 0. The third-order valence-electron chi connectivity index (χ3n) is 4.75. The van der Waals surface area contributed by atoms with Crippen LogP contribution in [0.3, 0.4) is 0 Å². The number of rotatable bonds is 5. The number of hydrogen-bond acceptors (Lipinski definition) is 4. The molecule has 0 bridgehead atoms. The van der Waals surface area contributed by atoms with Crippen molar-refractivity contribution in [3.63, 3.8) is 0 Å². The number of anilines is 1. The van der Waals surface area contributed by atoms with Crippen molar-refractivity contribution in [3.05, 3.63) is 17.8 Å². The van der Waals surface area contributed by atoms with Gasteiger partial charge in [-0.05, 0) is 56.6 Å². The van der Waals surface area contributed by atoms with Gasteiger partial charge in [0.25, 0.3) is 0 Å². The van der Waals surface area contributed by atoms with Crippen molar-refractivity contribution in [1.29, 1.82) is 0 Å². The van der Waals surface area contributed by atoms with Crippen LogP contribution in [0, 0.1) is 5.92 Å². The largest absolute Gasteiger partial charge is 0.355 e. The van der Waals surface area contributed by atoms with E-state index in [1.54, 1.807) is 0 Å². The molecule has 0 radical (unpaired) electrons. The zero-order valence-corrected chi connectivity index (χ0v) is 12.7. The molecule has 1 heterocycles. The Morgan fingerprint density at radius 1 is 1.10 bits per heavy atom. The number of nitrogens with zero attached hydrogens (tertiary/aromatic N) is 3. The van der Waals surface area contributed by atoms with Gasteiger partial charge in [0.15, 0.2) is 5.82 Å². The smallest absolute Gasteiger partial charge is 0.151 e.